The van der Waals surface area contributed by atoms with Gasteiger partial charge in [-0.1, -0.05) is 48.5 Å². The number of hydrogen-bond acceptors (Lipinski definition) is 3. The van der Waals surface area contributed by atoms with Crippen molar-refractivity contribution < 1.29 is 14.3 Å². The van der Waals surface area contributed by atoms with E-state index in [-0.39, 0.29) is 6.61 Å². The minimum atomic E-state index is -0.541. The number of carbonyl (C=O) groups excluding carboxylic acids is 2. The maximum absolute atomic E-state index is 12.3. The fourth-order valence-corrected chi connectivity index (χ4v) is 3.14. The van der Waals surface area contributed by atoms with E-state index in [1.165, 1.54) is 0 Å². The van der Waals surface area contributed by atoms with Gasteiger partial charge in [-0.05, 0) is 48.0 Å². The van der Waals surface area contributed by atoms with Crippen LogP contribution >= 0.6 is 0 Å². The number of hydrogen-bond donors (Lipinski definition) is 1. The van der Waals surface area contributed by atoms with Crippen molar-refractivity contribution in [3.05, 3.63) is 109 Å². The molecule has 5 nitrogen and oxygen atoms in total. The maximum Gasteiger partial charge on any atom is 0.338 e. The third-order valence-corrected chi connectivity index (χ3v) is 4.63. The van der Waals surface area contributed by atoms with Crippen molar-refractivity contribution in [3.63, 3.8) is 0 Å². The summed E-state index contributed by atoms with van der Waals surface area (Å²) < 4.78 is 7.12. The Morgan fingerprint density at radius 3 is 2.17 bits per heavy atom. The summed E-state index contributed by atoms with van der Waals surface area (Å²) in [6.45, 7) is -0.360. The van der Waals surface area contributed by atoms with Gasteiger partial charge >= 0.3 is 5.97 Å². The lowest BCUT2D eigenvalue weighted by Crippen LogP contribution is -2.21. The van der Waals surface area contributed by atoms with E-state index in [2.05, 4.69) is 5.32 Å². The van der Waals surface area contributed by atoms with Crippen LogP contribution in [0.2, 0.25) is 0 Å². The number of nitrogens with one attached hydrogen (secondary N) is 1. The molecule has 5 heteroatoms. The van der Waals surface area contributed by atoms with Gasteiger partial charge in [-0.3, -0.25) is 4.79 Å². The van der Waals surface area contributed by atoms with E-state index in [1.807, 2.05) is 95.8 Å². The molecule has 0 aliphatic heterocycles. The van der Waals surface area contributed by atoms with Crippen LogP contribution < -0.4 is 5.32 Å². The molecule has 30 heavy (non-hydrogen) atoms. The van der Waals surface area contributed by atoms with Gasteiger partial charge in [0, 0.05) is 29.3 Å². The van der Waals surface area contributed by atoms with Crippen LogP contribution in [0.25, 0.3) is 16.8 Å². The van der Waals surface area contributed by atoms with Crippen molar-refractivity contribution in [1.29, 1.82) is 0 Å². The number of rotatable bonds is 6. The van der Waals surface area contributed by atoms with Gasteiger partial charge in [0.15, 0.2) is 6.61 Å². The Balaban J connectivity index is 1.37. The van der Waals surface area contributed by atoms with E-state index < -0.39 is 11.9 Å². The molecule has 1 amide bonds. The highest BCUT2D eigenvalue weighted by Gasteiger charge is 2.12. The third kappa shape index (κ3) is 4.47. The largest absolute Gasteiger partial charge is 0.452 e. The molecule has 1 N–H and O–H groups in total. The number of ether oxygens (including phenoxy) is 1. The second-order valence-corrected chi connectivity index (χ2v) is 6.67. The molecule has 0 aliphatic rings. The van der Waals surface area contributed by atoms with Crippen molar-refractivity contribution in [2.45, 2.75) is 0 Å². The van der Waals surface area contributed by atoms with Crippen LogP contribution in [-0.4, -0.2) is 23.1 Å². The van der Waals surface area contributed by atoms with Crippen molar-refractivity contribution in [3.8, 4) is 16.8 Å². The van der Waals surface area contributed by atoms with Crippen LogP contribution in [0.5, 0.6) is 0 Å². The highest BCUT2D eigenvalue weighted by atomic mass is 16.5. The molecule has 0 atom stereocenters. The predicted molar refractivity (Wildman–Crippen MR) is 117 cm³/mol. The van der Waals surface area contributed by atoms with Crippen LogP contribution in [0.3, 0.4) is 0 Å². The molecule has 0 fully saturated rings. The molecule has 4 rings (SSSR count). The smallest absolute Gasteiger partial charge is 0.338 e. The monoisotopic (exact) mass is 396 g/mol. The van der Waals surface area contributed by atoms with Gasteiger partial charge in [-0.15, -0.1) is 0 Å². The number of para-hydroxylation sites is 1. The summed E-state index contributed by atoms with van der Waals surface area (Å²) in [4.78, 5) is 24.6. The predicted octanol–water partition coefficient (Wildman–Crippen LogP) is 4.94. The van der Waals surface area contributed by atoms with Crippen LogP contribution in [0.15, 0.2) is 103 Å². The van der Waals surface area contributed by atoms with Crippen molar-refractivity contribution in [1.82, 2.24) is 4.57 Å². The molecule has 1 heterocycles. The fraction of sp³-hybridized carbons (Fsp3) is 0.0400. The molecule has 0 bridgehead atoms. The molecule has 148 valence electrons. The zero-order chi connectivity index (χ0) is 20.8. The Kier molecular flexibility index (Phi) is 5.71. The standard InChI is InChI=1S/C25H20N2O3/c28-24(26-23-11-5-4-10-22(23)19-8-2-1-3-9-19)18-30-25(29)20-12-14-21(15-13-20)27-16-6-7-17-27/h1-17H,18H2,(H,26,28). The summed E-state index contributed by atoms with van der Waals surface area (Å²) in [6.07, 6.45) is 3.84. The van der Waals surface area contributed by atoms with Crippen molar-refractivity contribution in [2.24, 2.45) is 0 Å². The van der Waals surface area contributed by atoms with Gasteiger partial charge in [-0.25, -0.2) is 4.79 Å². The minimum absolute atomic E-state index is 0.360. The van der Waals surface area contributed by atoms with Gasteiger partial charge in [0.2, 0.25) is 0 Å². The number of benzene rings is 3. The average Bonchev–Trinajstić information content (AvgIpc) is 3.34. The number of anilines is 1. The fourth-order valence-electron chi connectivity index (χ4n) is 3.14. The van der Waals surface area contributed by atoms with E-state index in [0.29, 0.717) is 11.3 Å². The summed E-state index contributed by atoms with van der Waals surface area (Å²) in [6, 6.07) is 28.2. The molecule has 0 aliphatic carbocycles. The average molecular weight is 396 g/mol. The van der Waals surface area contributed by atoms with E-state index >= 15 is 0 Å². The van der Waals surface area contributed by atoms with Crippen molar-refractivity contribution in [2.75, 3.05) is 11.9 Å². The Hall–Kier alpha value is -4.12. The molecular formula is C25H20N2O3. The first-order chi connectivity index (χ1) is 14.7. The Bertz CT molecular complexity index is 1130. The summed E-state index contributed by atoms with van der Waals surface area (Å²) >= 11 is 0. The molecule has 0 saturated heterocycles. The molecule has 0 radical (unpaired) electrons. The molecule has 0 saturated carbocycles. The highest BCUT2D eigenvalue weighted by Crippen LogP contribution is 2.27. The maximum atomic E-state index is 12.3. The highest BCUT2D eigenvalue weighted by molar-refractivity contribution is 5.98. The second kappa shape index (κ2) is 8.92. The number of esters is 1. The quantitative estimate of drug-likeness (QED) is 0.470. The zero-order valence-electron chi connectivity index (χ0n) is 16.2. The summed E-state index contributed by atoms with van der Waals surface area (Å²) in [5, 5.41) is 2.82. The zero-order valence-corrected chi connectivity index (χ0v) is 16.2. The van der Waals surface area contributed by atoms with E-state index in [9.17, 15) is 9.59 Å². The van der Waals surface area contributed by atoms with E-state index in [0.717, 1.165) is 16.8 Å². The Morgan fingerprint density at radius 1 is 0.767 bits per heavy atom. The van der Waals surface area contributed by atoms with Gasteiger partial charge in [0.25, 0.3) is 5.91 Å². The van der Waals surface area contributed by atoms with Crippen LogP contribution in [0.4, 0.5) is 5.69 Å². The van der Waals surface area contributed by atoms with E-state index in [1.54, 1.807) is 12.1 Å². The lowest BCUT2D eigenvalue weighted by Gasteiger charge is -2.11. The molecule has 3 aromatic carbocycles. The van der Waals surface area contributed by atoms with Gasteiger partial charge in [-0.2, -0.15) is 0 Å². The summed E-state index contributed by atoms with van der Waals surface area (Å²) in [5.74, 6) is -0.934. The minimum Gasteiger partial charge on any atom is -0.452 e. The van der Waals surface area contributed by atoms with Gasteiger partial charge in [0.05, 0.1) is 5.56 Å². The number of nitrogens with zero attached hydrogens (tertiary/aromatic N) is 1. The Morgan fingerprint density at radius 2 is 1.43 bits per heavy atom. The van der Waals surface area contributed by atoms with Gasteiger partial charge < -0.3 is 14.6 Å². The first-order valence-electron chi connectivity index (χ1n) is 9.55. The molecule has 1 aromatic heterocycles. The number of carbonyl (C=O) groups is 2. The summed E-state index contributed by atoms with van der Waals surface area (Å²) in [5.41, 5.74) is 3.89. The SMILES string of the molecule is O=C(COC(=O)c1ccc(-n2cccc2)cc1)Nc1ccccc1-c1ccccc1. The molecular weight excluding hydrogens is 376 g/mol. The van der Waals surface area contributed by atoms with Crippen LogP contribution in [0.1, 0.15) is 10.4 Å². The second-order valence-electron chi connectivity index (χ2n) is 6.67. The normalized spacial score (nSPS) is 10.4. The van der Waals surface area contributed by atoms with E-state index in [4.69, 9.17) is 4.74 Å². The lowest BCUT2D eigenvalue weighted by molar-refractivity contribution is -0.119. The first-order valence-corrected chi connectivity index (χ1v) is 9.55. The Labute approximate surface area is 174 Å². The third-order valence-electron chi connectivity index (χ3n) is 4.63. The van der Waals surface area contributed by atoms with Crippen LogP contribution in [-0.2, 0) is 9.53 Å². The van der Waals surface area contributed by atoms with Crippen LogP contribution in [0, 0.1) is 0 Å². The molecule has 0 spiro atoms. The number of aromatic nitrogens is 1. The molecule has 0 unspecified atom stereocenters. The topological polar surface area (TPSA) is 60.3 Å². The van der Waals surface area contributed by atoms with Gasteiger partial charge in [0.1, 0.15) is 0 Å². The number of amides is 1. The molecule has 4 aromatic rings. The first kappa shape index (κ1) is 19.2. The van der Waals surface area contributed by atoms with Crippen molar-refractivity contribution >= 4 is 17.6 Å². The summed E-state index contributed by atoms with van der Waals surface area (Å²) in [7, 11) is 0. The lowest BCUT2D eigenvalue weighted by atomic mass is 10.0.